The standard InChI is InChI=1S/C14H21N3O3.C4H4O4/c1-3-4-5-13(16-20-9-8-15)12-6-7-14(17(18)19)11(2)10-12;5-3(6)1-2-4(7)8/h6-7,10H,3-5,8-9,15H2,1-2H3;1-2H,(H,5,6)(H,7,8). The normalized spacial score (nSPS) is 10.9. The zero-order valence-corrected chi connectivity index (χ0v) is 15.8. The molecule has 0 heterocycles. The molecule has 0 unspecified atom stereocenters. The molecule has 0 aliphatic carbocycles. The first-order valence-electron chi connectivity index (χ1n) is 8.51. The summed E-state index contributed by atoms with van der Waals surface area (Å²) in [5.74, 6) is -2.51. The second kappa shape index (κ2) is 13.9. The SMILES string of the molecule is CCCCC(=NOCCN)c1ccc([N+](=O)[O-])c(C)c1.O=C(O)C=CC(=O)O. The van der Waals surface area contributed by atoms with Gasteiger partial charge in [0.15, 0.2) is 0 Å². The Morgan fingerprint density at radius 1 is 1.29 bits per heavy atom. The Morgan fingerprint density at radius 3 is 2.32 bits per heavy atom. The van der Waals surface area contributed by atoms with E-state index in [-0.39, 0.29) is 10.6 Å². The summed E-state index contributed by atoms with van der Waals surface area (Å²) in [5, 5.41) is 30.6. The van der Waals surface area contributed by atoms with E-state index in [1.807, 2.05) is 0 Å². The molecule has 10 heteroatoms. The van der Waals surface area contributed by atoms with Crippen LogP contribution in [-0.4, -0.2) is 45.9 Å². The van der Waals surface area contributed by atoms with Crippen molar-refractivity contribution >= 4 is 23.3 Å². The highest BCUT2D eigenvalue weighted by Gasteiger charge is 2.13. The summed E-state index contributed by atoms with van der Waals surface area (Å²) in [7, 11) is 0. The summed E-state index contributed by atoms with van der Waals surface area (Å²) in [6, 6.07) is 5.00. The number of aliphatic carboxylic acids is 2. The van der Waals surface area contributed by atoms with Gasteiger partial charge in [0.05, 0.1) is 10.6 Å². The molecule has 0 aliphatic rings. The minimum absolute atomic E-state index is 0.117. The van der Waals surface area contributed by atoms with Crippen molar-refractivity contribution in [2.75, 3.05) is 13.2 Å². The van der Waals surface area contributed by atoms with Crippen molar-refractivity contribution in [3.63, 3.8) is 0 Å². The number of hydrogen-bond acceptors (Lipinski definition) is 7. The van der Waals surface area contributed by atoms with Gasteiger partial charge in [-0.1, -0.05) is 18.5 Å². The third-order valence-electron chi connectivity index (χ3n) is 3.25. The first kappa shape index (κ1) is 24.7. The van der Waals surface area contributed by atoms with E-state index in [1.54, 1.807) is 19.1 Å². The van der Waals surface area contributed by atoms with Crippen LogP contribution in [0.15, 0.2) is 35.5 Å². The Bertz CT molecular complexity index is 714. The van der Waals surface area contributed by atoms with Gasteiger partial charge >= 0.3 is 11.9 Å². The maximum absolute atomic E-state index is 10.8. The van der Waals surface area contributed by atoms with Crippen molar-refractivity contribution in [2.24, 2.45) is 10.9 Å². The fourth-order valence-electron chi connectivity index (χ4n) is 1.95. The van der Waals surface area contributed by atoms with Crippen LogP contribution in [0.2, 0.25) is 0 Å². The third kappa shape index (κ3) is 10.7. The lowest BCUT2D eigenvalue weighted by atomic mass is 10.0. The topological polar surface area (TPSA) is 165 Å². The van der Waals surface area contributed by atoms with Crippen molar-refractivity contribution in [2.45, 2.75) is 33.1 Å². The predicted molar refractivity (Wildman–Crippen MR) is 103 cm³/mol. The average Bonchev–Trinajstić information content (AvgIpc) is 2.63. The van der Waals surface area contributed by atoms with E-state index in [0.717, 1.165) is 30.5 Å². The van der Waals surface area contributed by atoms with Gasteiger partial charge in [0.2, 0.25) is 0 Å². The fraction of sp³-hybridized carbons (Fsp3) is 0.389. The monoisotopic (exact) mass is 395 g/mol. The summed E-state index contributed by atoms with van der Waals surface area (Å²) in [6.45, 7) is 4.59. The lowest BCUT2D eigenvalue weighted by molar-refractivity contribution is -0.385. The van der Waals surface area contributed by atoms with Gasteiger partial charge in [0.1, 0.15) is 6.61 Å². The van der Waals surface area contributed by atoms with Crippen molar-refractivity contribution in [3.8, 4) is 0 Å². The summed E-state index contributed by atoms with van der Waals surface area (Å²) in [5.41, 5.74) is 7.76. The Hall–Kier alpha value is -3.27. The van der Waals surface area contributed by atoms with E-state index in [9.17, 15) is 19.7 Å². The number of unbranched alkanes of at least 4 members (excludes halogenated alkanes) is 1. The highest BCUT2D eigenvalue weighted by atomic mass is 16.6. The van der Waals surface area contributed by atoms with E-state index >= 15 is 0 Å². The number of carbonyl (C=O) groups is 2. The van der Waals surface area contributed by atoms with Crippen LogP contribution >= 0.6 is 0 Å². The van der Waals surface area contributed by atoms with Crippen LogP contribution in [0.3, 0.4) is 0 Å². The largest absolute Gasteiger partial charge is 0.478 e. The summed E-state index contributed by atoms with van der Waals surface area (Å²) >= 11 is 0. The average molecular weight is 395 g/mol. The number of aryl methyl sites for hydroxylation is 1. The second-order valence-electron chi connectivity index (χ2n) is 5.53. The van der Waals surface area contributed by atoms with E-state index in [1.165, 1.54) is 6.07 Å². The van der Waals surface area contributed by atoms with E-state index < -0.39 is 11.9 Å². The number of nitro benzene ring substituents is 1. The molecular formula is C18H25N3O7. The van der Waals surface area contributed by atoms with Crippen LogP contribution in [-0.2, 0) is 14.4 Å². The quantitative estimate of drug-likeness (QED) is 0.179. The number of nitrogens with zero attached hydrogens (tertiary/aromatic N) is 2. The maximum Gasteiger partial charge on any atom is 0.328 e. The molecule has 4 N–H and O–H groups in total. The zero-order valence-electron chi connectivity index (χ0n) is 15.8. The molecule has 1 aromatic rings. The van der Waals surface area contributed by atoms with Gasteiger partial charge in [-0.2, -0.15) is 0 Å². The molecule has 0 spiro atoms. The van der Waals surface area contributed by atoms with Crippen LogP contribution in [0, 0.1) is 17.0 Å². The number of nitrogens with two attached hydrogens (primary N) is 1. The predicted octanol–water partition coefficient (Wildman–Crippen LogP) is 2.48. The Balaban J connectivity index is 0.000000769. The number of carboxylic acids is 2. The van der Waals surface area contributed by atoms with Gasteiger partial charge in [-0.3, -0.25) is 10.1 Å². The van der Waals surface area contributed by atoms with Gasteiger partial charge in [0.25, 0.3) is 5.69 Å². The van der Waals surface area contributed by atoms with Gasteiger partial charge < -0.3 is 20.8 Å². The minimum Gasteiger partial charge on any atom is -0.478 e. The Labute approximate surface area is 162 Å². The number of nitro groups is 1. The molecular weight excluding hydrogens is 370 g/mol. The molecule has 0 saturated carbocycles. The van der Waals surface area contributed by atoms with E-state index in [0.29, 0.717) is 30.9 Å². The van der Waals surface area contributed by atoms with Gasteiger partial charge in [-0.05, 0) is 31.9 Å². The highest BCUT2D eigenvalue weighted by molar-refractivity contribution is 6.00. The zero-order chi connectivity index (χ0) is 21.5. The summed E-state index contributed by atoms with van der Waals surface area (Å²) in [4.78, 5) is 34.7. The molecule has 0 aromatic heterocycles. The number of oxime groups is 1. The molecule has 154 valence electrons. The van der Waals surface area contributed by atoms with Crippen LogP contribution in [0.5, 0.6) is 0 Å². The van der Waals surface area contributed by atoms with E-state index in [2.05, 4.69) is 12.1 Å². The number of hydrogen-bond donors (Lipinski definition) is 3. The second-order valence-corrected chi connectivity index (χ2v) is 5.53. The molecule has 0 radical (unpaired) electrons. The van der Waals surface area contributed by atoms with Crippen molar-refractivity contribution < 1.29 is 29.6 Å². The molecule has 28 heavy (non-hydrogen) atoms. The number of benzene rings is 1. The molecule has 1 rings (SSSR count). The first-order chi connectivity index (χ1) is 13.2. The van der Waals surface area contributed by atoms with E-state index in [4.69, 9.17) is 20.8 Å². The highest BCUT2D eigenvalue weighted by Crippen LogP contribution is 2.20. The molecule has 0 aliphatic heterocycles. The third-order valence-corrected chi connectivity index (χ3v) is 3.25. The first-order valence-corrected chi connectivity index (χ1v) is 8.51. The summed E-state index contributed by atoms with van der Waals surface area (Å²) in [6.07, 6.45) is 3.92. The van der Waals surface area contributed by atoms with Gasteiger partial charge in [0, 0.05) is 35.9 Å². The van der Waals surface area contributed by atoms with Gasteiger partial charge in [-0.25, -0.2) is 9.59 Å². The van der Waals surface area contributed by atoms with Crippen molar-refractivity contribution in [1.82, 2.24) is 0 Å². The number of rotatable bonds is 10. The van der Waals surface area contributed by atoms with Crippen molar-refractivity contribution in [3.05, 3.63) is 51.6 Å². The minimum atomic E-state index is -1.26. The molecule has 10 nitrogen and oxygen atoms in total. The maximum atomic E-state index is 10.8. The van der Waals surface area contributed by atoms with Crippen LogP contribution < -0.4 is 5.73 Å². The fourth-order valence-corrected chi connectivity index (χ4v) is 1.95. The molecule has 0 saturated heterocycles. The molecule has 0 amide bonds. The molecule has 0 fully saturated rings. The lowest BCUT2D eigenvalue weighted by Gasteiger charge is -2.07. The smallest absolute Gasteiger partial charge is 0.328 e. The van der Waals surface area contributed by atoms with Gasteiger partial charge in [-0.15, -0.1) is 0 Å². The van der Waals surface area contributed by atoms with Crippen LogP contribution in [0.25, 0.3) is 0 Å². The van der Waals surface area contributed by atoms with Crippen molar-refractivity contribution in [1.29, 1.82) is 0 Å². The summed E-state index contributed by atoms with van der Waals surface area (Å²) < 4.78 is 0. The Morgan fingerprint density at radius 2 is 1.89 bits per heavy atom. The van der Waals surface area contributed by atoms with Crippen LogP contribution in [0.4, 0.5) is 5.69 Å². The molecule has 0 atom stereocenters. The van der Waals surface area contributed by atoms with Crippen LogP contribution in [0.1, 0.15) is 37.3 Å². The Kier molecular flexibility index (Phi) is 12.3. The molecule has 1 aromatic carbocycles. The molecule has 0 bridgehead atoms. The number of carboxylic acid groups (broad SMARTS) is 2. The lowest BCUT2D eigenvalue weighted by Crippen LogP contribution is -2.08.